The highest BCUT2D eigenvalue weighted by atomic mass is 32.2. The maximum atomic E-state index is 12.7. The minimum absolute atomic E-state index is 0.0157. The number of hydrogen-bond donors (Lipinski definition) is 2. The second-order valence-corrected chi connectivity index (χ2v) is 10.1. The van der Waals surface area contributed by atoms with E-state index in [4.69, 9.17) is 0 Å². The molecular weight excluding hydrogens is 386 g/mol. The highest BCUT2D eigenvalue weighted by Gasteiger charge is 2.21. The van der Waals surface area contributed by atoms with Gasteiger partial charge in [-0.15, -0.1) is 0 Å². The molecule has 1 heterocycles. The van der Waals surface area contributed by atoms with E-state index in [1.807, 2.05) is 19.9 Å². The third-order valence-corrected chi connectivity index (χ3v) is 6.52. The van der Waals surface area contributed by atoms with Gasteiger partial charge in [-0.1, -0.05) is 39.0 Å². The highest BCUT2D eigenvalue weighted by Crippen LogP contribution is 2.28. The maximum absolute atomic E-state index is 12.7. The lowest BCUT2D eigenvalue weighted by Crippen LogP contribution is -2.32. The quantitative estimate of drug-likeness (QED) is 0.484. The van der Waals surface area contributed by atoms with Crippen LogP contribution < -0.4 is 14.9 Å². The molecule has 0 radical (unpaired) electrons. The van der Waals surface area contributed by atoms with Crippen LogP contribution in [0.5, 0.6) is 0 Å². The summed E-state index contributed by atoms with van der Waals surface area (Å²) in [4.78, 5) is 14.9. The molecule has 7 heteroatoms. The lowest BCUT2D eigenvalue weighted by molar-refractivity contribution is 0.0943. The van der Waals surface area contributed by atoms with E-state index in [-0.39, 0.29) is 17.7 Å². The molecule has 0 aromatic heterocycles. The molecule has 1 saturated heterocycles. The van der Waals surface area contributed by atoms with E-state index in [1.165, 1.54) is 12.8 Å². The first-order chi connectivity index (χ1) is 13.8. The molecular formula is C22H37N3O3S. The Bertz CT molecular complexity index is 757. The van der Waals surface area contributed by atoms with Gasteiger partial charge in [-0.05, 0) is 51.3 Å². The molecule has 1 aliphatic heterocycles. The zero-order chi connectivity index (χ0) is 21.3. The number of hydrogen-bond acceptors (Lipinski definition) is 4. The van der Waals surface area contributed by atoms with Crippen LogP contribution in [0.1, 0.15) is 82.5 Å². The van der Waals surface area contributed by atoms with Crippen molar-refractivity contribution in [1.29, 1.82) is 0 Å². The van der Waals surface area contributed by atoms with Crippen molar-refractivity contribution in [3.05, 3.63) is 23.8 Å². The number of anilines is 2. The van der Waals surface area contributed by atoms with Crippen LogP contribution in [0.15, 0.2) is 18.2 Å². The Balaban J connectivity index is 2.07. The summed E-state index contributed by atoms with van der Waals surface area (Å²) in [6.45, 7) is 7.84. The number of amides is 1. The van der Waals surface area contributed by atoms with Gasteiger partial charge in [-0.2, -0.15) is 0 Å². The molecule has 0 saturated carbocycles. The number of carbonyl (C=O) groups is 1. The van der Waals surface area contributed by atoms with Crippen molar-refractivity contribution < 1.29 is 13.2 Å². The summed E-state index contributed by atoms with van der Waals surface area (Å²) < 4.78 is 27.6. The van der Waals surface area contributed by atoms with Crippen molar-refractivity contribution in [1.82, 2.24) is 5.32 Å². The van der Waals surface area contributed by atoms with Gasteiger partial charge in [0.15, 0.2) is 0 Å². The Kier molecular flexibility index (Phi) is 9.27. The van der Waals surface area contributed by atoms with E-state index in [1.54, 1.807) is 12.1 Å². The van der Waals surface area contributed by atoms with Crippen molar-refractivity contribution >= 4 is 27.3 Å². The monoisotopic (exact) mass is 423 g/mol. The lowest BCUT2D eigenvalue weighted by atomic mass is 10.1. The number of benzene rings is 1. The third-order valence-electron chi connectivity index (χ3n) is 5.15. The molecule has 0 atom stereocenters. The van der Waals surface area contributed by atoms with Crippen LogP contribution in [-0.4, -0.2) is 39.2 Å². The van der Waals surface area contributed by atoms with Gasteiger partial charge in [-0.25, -0.2) is 8.42 Å². The van der Waals surface area contributed by atoms with Gasteiger partial charge in [0, 0.05) is 30.5 Å². The maximum Gasteiger partial charge on any atom is 0.253 e. The van der Waals surface area contributed by atoms with Crippen molar-refractivity contribution in [2.24, 2.45) is 0 Å². The molecule has 1 aromatic rings. The largest absolute Gasteiger partial charge is 0.371 e. The molecule has 1 aliphatic rings. The van der Waals surface area contributed by atoms with Crippen LogP contribution in [-0.2, 0) is 10.0 Å². The second kappa shape index (κ2) is 11.4. The molecule has 1 aromatic carbocycles. The molecule has 0 spiro atoms. The molecule has 1 fully saturated rings. The predicted molar refractivity (Wildman–Crippen MR) is 121 cm³/mol. The average molecular weight is 424 g/mol. The summed E-state index contributed by atoms with van der Waals surface area (Å²) in [5.74, 6) is -0.0561. The van der Waals surface area contributed by atoms with E-state index in [9.17, 15) is 13.2 Å². The molecule has 6 nitrogen and oxygen atoms in total. The van der Waals surface area contributed by atoms with Crippen molar-refractivity contribution in [3.63, 3.8) is 0 Å². The molecule has 1 amide bonds. The Morgan fingerprint density at radius 2 is 1.72 bits per heavy atom. The Morgan fingerprint density at radius 1 is 1.07 bits per heavy atom. The fourth-order valence-corrected chi connectivity index (χ4v) is 4.83. The molecule has 164 valence electrons. The summed E-state index contributed by atoms with van der Waals surface area (Å²) in [6, 6.07) is 5.31. The van der Waals surface area contributed by atoms with E-state index in [0.717, 1.165) is 50.9 Å². The zero-order valence-electron chi connectivity index (χ0n) is 18.2. The minimum Gasteiger partial charge on any atom is -0.371 e. The van der Waals surface area contributed by atoms with Gasteiger partial charge < -0.3 is 10.2 Å². The number of rotatable bonds is 12. The van der Waals surface area contributed by atoms with Gasteiger partial charge >= 0.3 is 0 Å². The first-order valence-corrected chi connectivity index (χ1v) is 12.7. The van der Waals surface area contributed by atoms with Crippen LogP contribution in [0.4, 0.5) is 11.4 Å². The van der Waals surface area contributed by atoms with Gasteiger partial charge in [0.25, 0.3) is 5.91 Å². The van der Waals surface area contributed by atoms with Gasteiger partial charge in [0.05, 0.1) is 11.3 Å². The summed E-state index contributed by atoms with van der Waals surface area (Å²) in [5, 5.41) is 2.93. The number of nitrogens with one attached hydrogen (secondary N) is 2. The van der Waals surface area contributed by atoms with Crippen molar-refractivity contribution in [2.45, 2.75) is 78.2 Å². The van der Waals surface area contributed by atoms with Crippen LogP contribution in [0.25, 0.3) is 0 Å². The predicted octanol–water partition coefficient (Wildman–Crippen LogP) is 4.53. The first-order valence-electron chi connectivity index (χ1n) is 11.0. The summed E-state index contributed by atoms with van der Waals surface area (Å²) >= 11 is 0. The third kappa shape index (κ3) is 7.88. The molecule has 2 rings (SSSR count). The molecule has 0 unspecified atom stereocenters. The van der Waals surface area contributed by atoms with E-state index in [2.05, 4.69) is 21.9 Å². The van der Waals surface area contributed by atoms with Gasteiger partial charge in [-0.3, -0.25) is 9.52 Å². The SMILES string of the molecule is CCCCCCCCS(=O)(=O)Nc1ccc(N2CCCC2)c(C(=O)NC(C)C)c1. The standard InChI is InChI=1S/C22H37N3O3S/c1-4-5-6-7-8-11-16-29(27,28)24-19-12-13-21(25-14-9-10-15-25)20(17-19)22(26)23-18(2)3/h12-13,17-18,24H,4-11,14-16H2,1-3H3,(H,23,26). The van der Waals surface area contributed by atoms with E-state index < -0.39 is 10.0 Å². The van der Waals surface area contributed by atoms with Crippen LogP contribution in [0.3, 0.4) is 0 Å². The minimum atomic E-state index is -3.42. The average Bonchev–Trinajstić information content (AvgIpc) is 3.18. The molecule has 0 aliphatic carbocycles. The van der Waals surface area contributed by atoms with E-state index >= 15 is 0 Å². The van der Waals surface area contributed by atoms with E-state index in [0.29, 0.717) is 17.7 Å². The second-order valence-electron chi connectivity index (χ2n) is 8.24. The van der Waals surface area contributed by atoms with Crippen LogP contribution in [0.2, 0.25) is 0 Å². The topological polar surface area (TPSA) is 78.5 Å². The van der Waals surface area contributed by atoms with Crippen LogP contribution >= 0.6 is 0 Å². The summed E-state index contributed by atoms with van der Waals surface area (Å²) in [6.07, 6.45) is 8.43. The lowest BCUT2D eigenvalue weighted by Gasteiger charge is -2.22. The Labute approximate surface area is 176 Å². The van der Waals surface area contributed by atoms with Gasteiger partial charge in [0.1, 0.15) is 0 Å². The fourth-order valence-electron chi connectivity index (χ4n) is 3.66. The molecule has 29 heavy (non-hydrogen) atoms. The number of carbonyl (C=O) groups excluding carboxylic acids is 1. The summed E-state index contributed by atoms with van der Waals surface area (Å²) in [7, 11) is -3.42. The number of unbranched alkanes of at least 4 members (excludes halogenated alkanes) is 5. The number of nitrogens with zero attached hydrogens (tertiary/aromatic N) is 1. The van der Waals surface area contributed by atoms with Gasteiger partial charge in [0.2, 0.25) is 10.0 Å². The first kappa shape index (κ1) is 23.5. The smallest absolute Gasteiger partial charge is 0.253 e. The Morgan fingerprint density at radius 3 is 2.38 bits per heavy atom. The van der Waals surface area contributed by atoms with Crippen molar-refractivity contribution in [3.8, 4) is 0 Å². The number of sulfonamides is 1. The highest BCUT2D eigenvalue weighted by molar-refractivity contribution is 7.92. The zero-order valence-corrected chi connectivity index (χ0v) is 19.0. The normalized spacial score (nSPS) is 14.4. The summed E-state index contributed by atoms with van der Waals surface area (Å²) in [5.41, 5.74) is 1.85. The molecule has 2 N–H and O–H groups in total. The molecule has 0 bridgehead atoms. The van der Waals surface area contributed by atoms with Crippen molar-refractivity contribution in [2.75, 3.05) is 28.5 Å². The fraction of sp³-hybridized carbons (Fsp3) is 0.682. The van der Waals surface area contributed by atoms with Crippen LogP contribution in [0, 0.1) is 0 Å². The Hall–Kier alpha value is -1.76.